The Morgan fingerprint density at radius 2 is 1.96 bits per heavy atom. The minimum absolute atomic E-state index is 0.196. The van der Waals surface area contributed by atoms with Gasteiger partial charge < -0.3 is 10.3 Å². The van der Waals surface area contributed by atoms with Gasteiger partial charge in [0.25, 0.3) is 5.91 Å². The molecule has 0 spiro atoms. The Labute approximate surface area is 159 Å². The molecule has 0 fully saturated rings. The third kappa shape index (κ3) is 3.96. The van der Waals surface area contributed by atoms with Crippen molar-refractivity contribution in [1.29, 1.82) is 0 Å². The van der Waals surface area contributed by atoms with Gasteiger partial charge in [0.2, 0.25) is 0 Å². The maximum Gasteiger partial charge on any atom is 0.267 e. The fourth-order valence-electron chi connectivity index (χ4n) is 2.76. The van der Waals surface area contributed by atoms with Crippen LogP contribution < -0.4 is 5.32 Å². The molecule has 2 N–H and O–H groups in total. The molecule has 4 rings (SSSR count). The molecule has 1 aromatic carbocycles. The number of hydrogen-bond acceptors (Lipinski definition) is 3. The second-order valence-corrected chi connectivity index (χ2v) is 6.97. The first-order chi connectivity index (χ1) is 13.2. The number of nitrogens with zero attached hydrogens (tertiary/aromatic N) is 1. The summed E-state index contributed by atoms with van der Waals surface area (Å²) in [6.45, 7) is 0.407. The van der Waals surface area contributed by atoms with Gasteiger partial charge in [-0.15, -0.1) is 11.3 Å². The van der Waals surface area contributed by atoms with Crippen molar-refractivity contribution in [2.75, 3.05) is 0 Å². The van der Waals surface area contributed by atoms with E-state index in [4.69, 9.17) is 0 Å². The molecule has 3 aromatic heterocycles. The monoisotopic (exact) mass is 377 g/mol. The van der Waals surface area contributed by atoms with Gasteiger partial charge in [0.05, 0.1) is 10.6 Å². The van der Waals surface area contributed by atoms with Crippen LogP contribution in [0.5, 0.6) is 0 Å². The van der Waals surface area contributed by atoms with Gasteiger partial charge in [0, 0.05) is 18.9 Å². The van der Waals surface area contributed by atoms with Crippen LogP contribution in [0.15, 0.2) is 72.4 Å². The first kappa shape index (κ1) is 17.2. The zero-order valence-electron chi connectivity index (χ0n) is 14.3. The number of thiophene rings is 1. The van der Waals surface area contributed by atoms with Crippen LogP contribution in [0.1, 0.15) is 16.1 Å². The summed E-state index contributed by atoms with van der Waals surface area (Å²) in [6, 6.07) is 15.8. The van der Waals surface area contributed by atoms with E-state index in [2.05, 4.69) is 15.3 Å². The van der Waals surface area contributed by atoms with Gasteiger partial charge in [0.1, 0.15) is 11.5 Å². The van der Waals surface area contributed by atoms with Crippen molar-refractivity contribution in [3.8, 4) is 21.7 Å². The highest BCUT2D eigenvalue weighted by Gasteiger charge is 2.10. The number of aromatic amines is 1. The third-order valence-corrected chi connectivity index (χ3v) is 5.05. The molecule has 134 valence electrons. The van der Waals surface area contributed by atoms with Crippen LogP contribution in [0, 0.1) is 5.82 Å². The summed E-state index contributed by atoms with van der Waals surface area (Å²) >= 11 is 1.63. The molecule has 0 aliphatic carbocycles. The molecule has 0 unspecified atom stereocenters. The molecular weight excluding hydrogens is 361 g/mol. The number of pyridine rings is 1. The molecule has 4 aromatic rings. The number of hydrogen-bond donors (Lipinski definition) is 2. The number of carbonyl (C=O) groups is 1. The normalized spacial score (nSPS) is 10.7. The summed E-state index contributed by atoms with van der Waals surface area (Å²) in [5.41, 5.74) is 4.02. The fourth-order valence-corrected chi connectivity index (χ4v) is 3.45. The zero-order valence-corrected chi connectivity index (χ0v) is 15.1. The van der Waals surface area contributed by atoms with E-state index in [1.807, 2.05) is 29.6 Å². The van der Waals surface area contributed by atoms with E-state index in [9.17, 15) is 9.18 Å². The summed E-state index contributed by atoms with van der Waals surface area (Å²) in [4.78, 5) is 20.9. The largest absolute Gasteiger partial charge is 0.357 e. The van der Waals surface area contributed by atoms with Gasteiger partial charge in [-0.3, -0.25) is 9.78 Å². The van der Waals surface area contributed by atoms with Crippen molar-refractivity contribution in [3.63, 3.8) is 0 Å². The number of carbonyl (C=O) groups excluding carboxylic acids is 1. The second-order valence-electron chi connectivity index (χ2n) is 6.02. The summed E-state index contributed by atoms with van der Waals surface area (Å²) in [7, 11) is 0. The minimum atomic E-state index is -0.286. The lowest BCUT2D eigenvalue weighted by Crippen LogP contribution is -2.23. The van der Waals surface area contributed by atoms with Crippen molar-refractivity contribution in [3.05, 3.63) is 89.4 Å². The van der Waals surface area contributed by atoms with Crippen LogP contribution in [-0.2, 0) is 6.54 Å². The lowest BCUT2D eigenvalue weighted by atomic mass is 10.1. The summed E-state index contributed by atoms with van der Waals surface area (Å²) in [5.74, 6) is -0.482. The second kappa shape index (κ2) is 7.55. The van der Waals surface area contributed by atoms with Crippen LogP contribution in [0.4, 0.5) is 4.39 Å². The van der Waals surface area contributed by atoms with Crippen LogP contribution >= 0.6 is 11.3 Å². The Hall–Kier alpha value is -3.25. The summed E-state index contributed by atoms with van der Waals surface area (Å²) < 4.78 is 13.0. The standard InChI is InChI=1S/C21H16FN3OS/c22-17-5-3-15(4-6-17)16-11-19(24-13-16)21(26)25-12-14-7-8-23-18(10-14)20-2-1-9-27-20/h1-11,13,24H,12H2,(H,25,26). The van der Waals surface area contributed by atoms with Crippen LogP contribution in [0.3, 0.4) is 0 Å². The van der Waals surface area contributed by atoms with Gasteiger partial charge >= 0.3 is 0 Å². The number of H-pyrrole nitrogens is 1. The Balaban J connectivity index is 1.43. The Morgan fingerprint density at radius 1 is 1.11 bits per heavy atom. The van der Waals surface area contributed by atoms with E-state index >= 15 is 0 Å². The molecule has 4 nitrogen and oxygen atoms in total. The lowest BCUT2D eigenvalue weighted by molar-refractivity contribution is 0.0946. The Morgan fingerprint density at radius 3 is 2.74 bits per heavy atom. The fraction of sp³-hybridized carbons (Fsp3) is 0.0476. The maximum absolute atomic E-state index is 13.0. The Bertz CT molecular complexity index is 1060. The summed E-state index contributed by atoms with van der Waals surface area (Å²) in [6.07, 6.45) is 3.49. The van der Waals surface area contributed by atoms with Gasteiger partial charge in [-0.2, -0.15) is 0 Å². The van der Waals surface area contributed by atoms with Gasteiger partial charge in [0.15, 0.2) is 0 Å². The van der Waals surface area contributed by atoms with Gasteiger partial charge in [-0.05, 0) is 58.5 Å². The molecule has 0 radical (unpaired) electrons. The molecular formula is C21H16FN3OS. The average Bonchev–Trinajstić information content (AvgIpc) is 3.39. The first-order valence-corrected chi connectivity index (χ1v) is 9.28. The van der Waals surface area contributed by atoms with E-state index in [0.29, 0.717) is 12.2 Å². The van der Waals surface area contributed by atoms with Crippen molar-refractivity contribution < 1.29 is 9.18 Å². The summed E-state index contributed by atoms with van der Waals surface area (Å²) in [5, 5.41) is 4.92. The van der Waals surface area contributed by atoms with Crippen molar-refractivity contribution in [1.82, 2.24) is 15.3 Å². The van der Waals surface area contributed by atoms with Crippen molar-refractivity contribution in [2.24, 2.45) is 0 Å². The quantitative estimate of drug-likeness (QED) is 0.521. The molecule has 0 aliphatic rings. The van der Waals surface area contributed by atoms with E-state index in [0.717, 1.165) is 27.3 Å². The minimum Gasteiger partial charge on any atom is -0.357 e. The van der Waals surface area contributed by atoms with Gasteiger partial charge in [-0.1, -0.05) is 18.2 Å². The molecule has 0 bridgehead atoms. The number of aromatic nitrogens is 2. The highest BCUT2D eigenvalue weighted by Crippen LogP contribution is 2.23. The van der Waals surface area contributed by atoms with E-state index in [1.165, 1.54) is 12.1 Å². The molecule has 0 atom stereocenters. The SMILES string of the molecule is O=C(NCc1ccnc(-c2cccs2)c1)c1cc(-c2ccc(F)cc2)c[nH]1. The Kier molecular flexibility index (Phi) is 4.80. The predicted octanol–water partition coefficient (Wildman–Crippen LogP) is 4.87. The number of halogens is 1. The van der Waals surface area contributed by atoms with Crippen LogP contribution in [-0.4, -0.2) is 15.9 Å². The maximum atomic E-state index is 13.0. The van der Waals surface area contributed by atoms with Crippen molar-refractivity contribution >= 4 is 17.2 Å². The van der Waals surface area contributed by atoms with E-state index in [-0.39, 0.29) is 11.7 Å². The lowest BCUT2D eigenvalue weighted by Gasteiger charge is -2.05. The number of nitrogens with one attached hydrogen (secondary N) is 2. The average molecular weight is 377 g/mol. The number of benzene rings is 1. The molecule has 1 amide bonds. The van der Waals surface area contributed by atoms with Crippen molar-refractivity contribution in [2.45, 2.75) is 6.54 Å². The third-order valence-electron chi connectivity index (χ3n) is 4.16. The van der Waals surface area contributed by atoms with Crippen LogP contribution in [0.25, 0.3) is 21.7 Å². The zero-order chi connectivity index (χ0) is 18.6. The molecule has 3 heterocycles. The smallest absolute Gasteiger partial charge is 0.267 e. The molecule has 0 saturated carbocycles. The highest BCUT2D eigenvalue weighted by molar-refractivity contribution is 7.13. The van der Waals surface area contributed by atoms with Crippen LogP contribution in [0.2, 0.25) is 0 Å². The molecule has 27 heavy (non-hydrogen) atoms. The van der Waals surface area contributed by atoms with E-state index < -0.39 is 0 Å². The van der Waals surface area contributed by atoms with Gasteiger partial charge in [-0.25, -0.2) is 4.39 Å². The predicted molar refractivity (Wildman–Crippen MR) is 105 cm³/mol. The van der Waals surface area contributed by atoms with E-state index in [1.54, 1.807) is 41.9 Å². The highest BCUT2D eigenvalue weighted by atomic mass is 32.1. The molecule has 0 saturated heterocycles. The number of amides is 1. The first-order valence-electron chi connectivity index (χ1n) is 8.40. The molecule has 0 aliphatic heterocycles. The molecule has 6 heteroatoms. The topological polar surface area (TPSA) is 57.8 Å². The number of rotatable bonds is 5.